The smallest absolute Gasteiger partial charge is 0.345 e. The molecular weight excluding hydrogens is 354 g/mol. The van der Waals surface area contributed by atoms with Gasteiger partial charge in [-0.15, -0.1) is 0 Å². The highest BCUT2D eigenvalue weighted by molar-refractivity contribution is 6.17. The molecule has 0 saturated heterocycles. The number of cyclic esters (lactones) is 1. The van der Waals surface area contributed by atoms with E-state index >= 15 is 0 Å². The molecule has 2 aromatic carbocycles. The van der Waals surface area contributed by atoms with Crippen LogP contribution < -0.4 is 5.32 Å². The molecule has 1 aromatic heterocycles. The zero-order valence-electron chi connectivity index (χ0n) is 15.0. The van der Waals surface area contributed by atoms with Crippen molar-refractivity contribution < 1.29 is 14.3 Å². The first-order chi connectivity index (χ1) is 13.7. The zero-order valence-corrected chi connectivity index (χ0v) is 15.0. The number of esters is 1. The summed E-state index contributed by atoms with van der Waals surface area (Å²) >= 11 is 0. The van der Waals surface area contributed by atoms with Crippen LogP contribution in [0.2, 0.25) is 0 Å². The van der Waals surface area contributed by atoms with Gasteiger partial charge in [-0.25, -0.2) is 9.79 Å². The van der Waals surface area contributed by atoms with Gasteiger partial charge < -0.3 is 10.1 Å². The monoisotopic (exact) mass is 371 g/mol. The molecule has 0 bridgehead atoms. The third-order valence-corrected chi connectivity index (χ3v) is 4.28. The molecule has 0 aliphatic carbocycles. The Morgan fingerprint density at radius 1 is 0.964 bits per heavy atom. The molecule has 2 heterocycles. The number of pyridine rings is 1. The second-order valence-corrected chi connectivity index (χ2v) is 6.30. The van der Waals surface area contributed by atoms with Crippen molar-refractivity contribution in [2.24, 2.45) is 4.99 Å². The number of rotatable bonds is 5. The summed E-state index contributed by atoms with van der Waals surface area (Å²) in [4.78, 5) is 32.6. The van der Waals surface area contributed by atoms with E-state index in [-0.39, 0.29) is 18.2 Å². The van der Waals surface area contributed by atoms with Crippen molar-refractivity contribution in [2.75, 3.05) is 0 Å². The van der Waals surface area contributed by atoms with Gasteiger partial charge in [0.1, 0.15) is 0 Å². The quantitative estimate of drug-likeness (QED) is 0.699. The molecule has 0 fully saturated rings. The van der Waals surface area contributed by atoms with Crippen LogP contribution in [0, 0.1) is 0 Å². The lowest BCUT2D eigenvalue weighted by atomic mass is 10.1. The molecule has 1 amide bonds. The van der Waals surface area contributed by atoms with Crippen molar-refractivity contribution in [1.82, 2.24) is 10.3 Å². The molecule has 6 heteroatoms. The van der Waals surface area contributed by atoms with Crippen molar-refractivity contribution in [1.29, 1.82) is 0 Å². The van der Waals surface area contributed by atoms with E-state index < -0.39 is 5.97 Å². The normalized spacial score (nSPS) is 13.9. The van der Waals surface area contributed by atoms with Gasteiger partial charge in [0.25, 0.3) is 0 Å². The third-order valence-electron chi connectivity index (χ3n) is 4.28. The number of amides is 1. The summed E-state index contributed by atoms with van der Waals surface area (Å²) < 4.78 is 5.22. The van der Waals surface area contributed by atoms with Crippen molar-refractivity contribution in [3.63, 3.8) is 0 Å². The number of hydrogen-bond donors (Lipinski definition) is 1. The summed E-state index contributed by atoms with van der Waals surface area (Å²) in [7, 11) is 0. The number of carbonyl (C=O) groups excluding carboxylic acids is 2. The fourth-order valence-electron chi connectivity index (χ4n) is 2.86. The fourth-order valence-corrected chi connectivity index (χ4v) is 2.86. The van der Waals surface area contributed by atoms with Gasteiger partial charge in [0, 0.05) is 12.2 Å². The van der Waals surface area contributed by atoms with Gasteiger partial charge in [-0.2, -0.15) is 0 Å². The SMILES string of the molecule is O=C(Cc1ccc(/N=C2\OC(=O)c3ccccc32)cn1)NCc1ccccc1. The van der Waals surface area contributed by atoms with Crippen molar-refractivity contribution >= 4 is 23.5 Å². The van der Waals surface area contributed by atoms with Crippen LogP contribution in [-0.2, 0) is 22.5 Å². The highest BCUT2D eigenvalue weighted by atomic mass is 16.5. The first-order valence-corrected chi connectivity index (χ1v) is 8.85. The van der Waals surface area contributed by atoms with E-state index in [1.165, 1.54) is 0 Å². The Balaban J connectivity index is 1.39. The first kappa shape index (κ1) is 17.6. The van der Waals surface area contributed by atoms with Crippen LogP contribution in [0.1, 0.15) is 27.2 Å². The van der Waals surface area contributed by atoms with Crippen LogP contribution in [0.3, 0.4) is 0 Å². The molecule has 0 atom stereocenters. The molecule has 0 radical (unpaired) electrons. The van der Waals surface area contributed by atoms with Gasteiger partial charge >= 0.3 is 5.97 Å². The average Bonchev–Trinajstić information content (AvgIpc) is 3.04. The van der Waals surface area contributed by atoms with Crippen LogP contribution in [0.15, 0.2) is 77.9 Å². The molecule has 6 nitrogen and oxygen atoms in total. The topological polar surface area (TPSA) is 80.7 Å². The molecule has 138 valence electrons. The summed E-state index contributed by atoms with van der Waals surface area (Å²) in [5.41, 5.74) is 3.39. The van der Waals surface area contributed by atoms with E-state index in [1.54, 1.807) is 36.5 Å². The number of fused-ring (bicyclic) bond motifs is 1. The lowest BCUT2D eigenvalue weighted by Crippen LogP contribution is -2.24. The summed E-state index contributed by atoms with van der Waals surface area (Å²) in [5, 5.41) is 2.87. The van der Waals surface area contributed by atoms with Crippen LogP contribution in [0.25, 0.3) is 0 Å². The summed E-state index contributed by atoms with van der Waals surface area (Å²) in [6.45, 7) is 0.482. The largest absolute Gasteiger partial charge is 0.403 e. The highest BCUT2D eigenvalue weighted by Crippen LogP contribution is 2.23. The highest BCUT2D eigenvalue weighted by Gasteiger charge is 2.27. The molecule has 0 spiro atoms. The van der Waals surface area contributed by atoms with E-state index in [0.29, 0.717) is 29.1 Å². The number of ether oxygens (including phenoxy) is 1. The molecule has 0 saturated carbocycles. The molecule has 4 rings (SSSR count). The number of aromatic nitrogens is 1. The maximum absolute atomic E-state index is 12.1. The number of nitrogens with zero attached hydrogens (tertiary/aromatic N) is 2. The Morgan fingerprint density at radius 3 is 2.46 bits per heavy atom. The Morgan fingerprint density at radius 2 is 1.71 bits per heavy atom. The van der Waals surface area contributed by atoms with Gasteiger partial charge in [0.2, 0.25) is 11.8 Å². The van der Waals surface area contributed by atoms with E-state index in [4.69, 9.17) is 4.74 Å². The van der Waals surface area contributed by atoms with Gasteiger partial charge in [0.15, 0.2) is 0 Å². The van der Waals surface area contributed by atoms with Gasteiger partial charge in [-0.05, 0) is 29.8 Å². The number of nitrogens with one attached hydrogen (secondary N) is 1. The zero-order chi connectivity index (χ0) is 19.3. The maximum atomic E-state index is 12.1. The van der Waals surface area contributed by atoms with Crippen molar-refractivity contribution in [3.8, 4) is 0 Å². The fraction of sp³-hybridized carbons (Fsp3) is 0.0909. The lowest BCUT2D eigenvalue weighted by molar-refractivity contribution is -0.120. The Hall–Kier alpha value is -3.80. The summed E-state index contributed by atoms with van der Waals surface area (Å²) in [5.74, 6) is -0.251. The van der Waals surface area contributed by atoms with Crippen LogP contribution in [-0.4, -0.2) is 22.8 Å². The number of hydrogen-bond acceptors (Lipinski definition) is 5. The van der Waals surface area contributed by atoms with E-state index in [2.05, 4.69) is 15.3 Å². The average molecular weight is 371 g/mol. The minimum atomic E-state index is -0.408. The van der Waals surface area contributed by atoms with E-state index in [0.717, 1.165) is 5.56 Å². The van der Waals surface area contributed by atoms with Crippen LogP contribution in [0.4, 0.5) is 5.69 Å². The second-order valence-electron chi connectivity index (χ2n) is 6.30. The molecule has 1 aliphatic heterocycles. The second kappa shape index (κ2) is 7.84. The van der Waals surface area contributed by atoms with Crippen molar-refractivity contribution in [3.05, 3.63) is 95.3 Å². The van der Waals surface area contributed by atoms with Gasteiger partial charge in [-0.3, -0.25) is 9.78 Å². The standard InChI is InChI=1S/C22H17N3O3/c26-20(24-13-15-6-2-1-3-7-15)12-16-10-11-17(14-23-16)25-21-18-8-4-5-9-19(18)22(27)28-21/h1-11,14H,12-13H2,(H,24,26)/b25-21-. The van der Waals surface area contributed by atoms with Crippen LogP contribution in [0.5, 0.6) is 0 Å². The Kier molecular flexibility index (Phi) is 4.93. The molecule has 1 aliphatic rings. The minimum absolute atomic E-state index is 0.103. The van der Waals surface area contributed by atoms with E-state index in [9.17, 15) is 9.59 Å². The Labute approximate surface area is 161 Å². The minimum Gasteiger partial charge on any atom is -0.403 e. The van der Waals surface area contributed by atoms with E-state index in [1.807, 2.05) is 36.4 Å². The van der Waals surface area contributed by atoms with Crippen LogP contribution >= 0.6 is 0 Å². The molecular formula is C22H17N3O3. The number of benzene rings is 2. The summed E-state index contributed by atoms with van der Waals surface area (Å²) in [6.07, 6.45) is 1.74. The summed E-state index contributed by atoms with van der Waals surface area (Å²) in [6, 6.07) is 20.3. The Bertz CT molecular complexity index is 1040. The predicted molar refractivity (Wildman–Crippen MR) is 104 cm³/mol. The number of aliphatic imine (C=N–C) groups is 1. The molecule has 3 aromatic rings. The maximum Gasteiger partial charge on any atom is 0.345 e. The third kappa shape index (κ3) is 3.96. The molecule has 0 unspecified atom stereocenters. The molecule has 1 N–H and O–H groups in total. The van der Waals surface area contributed by atoms with Gasteiger partial charge in [0.05, 0.1) is 29.4 Å². The number of carbonyl (C=O) groups is 2. The lowest BCUT2D eigenvalue weighted by Gasteiger charge is -2.05. The van der Waals surface area contributed by atoms with Crippen molar-refractivity contribution in [2.45, 2.75) is 13.0 Å². The predicted octanol–water partition coefficient (Wildman–Crippen LogP) is 3.19. The van der Waals surface area contributed by atoms with Gasteiger partial charge in [-0.1, -0.05) is 42.5 Å². The molecule has 28 heavy (non-hydrogen) atoms. The first-order valence-electron chi connectivity index (χ1n) is 8.85.